The lowest BCUT2D eigenvalue weighted by Crippen LogP contribution is -2.26. The van der Waals surface area contributed by atoms with E-state index in [1.807, 2.05) is 32.2 Å². The molecule has 2 rings (SSSR count). The Bertz CT molecular complexity index is 587. The maximum Gasteiger partial charge on any atom is 0.221 e. The fraction of sp³-hybridized carbons (Fsp3) is 0.400. The first-order valence-electron chi connectivity index (χ1n) is 6.51. The molecule has 0 spiro atoms. The highest BCUT2D eigenvalue weighted by atomic mass is 16.5. The number of methoxy groups -OCH3 is 2. The lowest BCUT2D eigenvalue weighted by molar-refractivity contribution is 0.215. The van der Waals surface area contributed by atoms with Gasteiger partial charge in [-0.15, -0.1) is 0 Å². The average Bonchev–Trinajstić information content (AvgIpc) is 2.46. The summed E-state index contributed by atoms with van der Waals surface area (Å²) in [7, 11) is 5.13. The number of nitrogens with zero attached hydrogens (tertiary/aromatic N) is 1. The zero-order valence-corrected chi connectivity index (χ0v) is 12.3. The predicted octanol–water partition coefficient (Wildman–Crippen LogP) is 2.24. The van der Waals surface area contributed by atoms with E-state index in [4.69, 9.17) is 14.2 Å². The number of likely N-dealkylation sites (N-methyl/N-ethyl adjacent to an activating group) is 1. The first-order chi connectivity index (χ1) is 9.69. The molecule has 1 N–H and O–H groups in total. The lowest BCUT2D eigenvalue weighted by Gasteiger charge is -2.16. The monoisotopic (exact) mass is 276 g/mol. The maximum atomic E-state index is 5.87. The van der Waals surface area contributed by atoms with E-state index < -0.39 is 0 Å². The second kappa shape index (κ2) is 6.43. The summed E-state index contributed by atoms with van der Waals surface area (Å²) in [6, 6.07) is 5.74. The molecule has 20 heavy (non-hydrogen) atoms. The molecule has 108 valence electrons. The number of nitrogens with one attached hydrogen (secondary N) is 1. The van der Waals surface area contributed by atoms with Crippen molar-refractivity contribution >= 4 is 10.8 Å². The second-order valence-corrected chi connectivity index (χ2v) is 4.53. The summed E-state index contributed by atoms with van der Waals surface area (Å²) in [6.07, 6.45) is 1.77. The molecule has 1 atom stereocenters. The predicted molar refractivity (Wildman–Crippen MR) is 78.9 cm³/mol. The number of hydrogen-bond acceptors (Lipinski definition) is 5. The Morgan fingerprint density at radius 1 is 1.20 bits per heavy atom. The minimum Gasteiger partial charge on any atom is -0.493 e. The van der Waals surface area contributed by atoms with Crippen LogP contribution in [0.2, 0.25) is 0 Å². The Kier molecular flexibility index (Phi) is 4.63. The van der Waals surface area contributed by atoms with Crippen LogP contribution >= 0.6 is 0 Å². The van der Waals surface area contributed by atoms with Crippen molar-refractivity contribution in [1.82, 2.24) is 10.3 Å². The summed E-state index contributed by atoms with van der Waals surface area (Å²) >= 11 is 0. The Morgan fingerprint density at radius 3 is 2.55 bits per heavy atom. The van der Waals surface area contributed by atoms with Crippen molar-refractivity contribution in [2.75, 3.05) is 27.8 Å². The van der Waals surface area contributed by atoms with Gasteiger partial charge in [-0.25, -0.2) is 4.98 Å². The largest absolute Gasteiger partial charge is 0.493 e. The van der Waals surface area contributed by atoms with Gasteiger partial charge in [0.25, 0.3) is 0 Å². The Labute approximate surface area is 118 Å². The van der Waals surface area contributed by atoms with Gasteiger partial charge in [-0.05, 0) is 37.6 Å². The topological polar surface area (TPSA) is 52.6 Å². The van der Waals surface area contributed by atoms with Gasteiger partial charge in [0.15, 0.2) is 11.5 Å². The van der Waals surface area contributed by atoms with Gasteiger partial charge in [0.05, 0.1) is 14.2 Å². The molecule has 2 aromatic rings. The Balaban J connectivity index is 2.45. The quantitative estimate of drug-likeness (QED) is 0.877. The van der Waals surface area contributed by atoms with Crippen molar-refractivity contribution in [3.8, 4) is 17.4 Å². The summed E-state index contributed by atoms with van der Waals surface area (Å²) in [5.74, 6) is 1.96. The molecule has 0 amide bonds. The zero-order valence-electron chi connectivity index (χ0n) is 12.3. The number of hydrogen-bond donors (Lipinski definition) is 1. The fourth-order valence-corrected chi connectivity index (χ4v) is 2.09. The highest BCUT2D eigenvalue weighted by Crippen LogP contribution is 2.35. The van der Waals surface area contributed by atoms with E-state index >= 15 is 0 Å². The van der Waals surface area contributed by atoms with Gasteiger partial charge in [-0.1, -0.05) is 0 Å². The van der Waals surface area contributed by atoms with Crippen molar-refractivity contribution in [3.05, 3.63) is 24.4 Å². The van der Waals surface area contributed by atoms with E-state index in [0.717, 1.165) is 17.3 Å². The van der Waals surface area contributed by atoms with Crippen LogP contribution in [0.1, 0.15) is 6.92 Å². The van der Waals surface area contributed by atoms with E-state index in [0.29, 0.717) is 17.4 Å². The number of rotatable bonds is 6. The van der Waals surface area contributed by atoms with Crippen LogP contribution in [0, 0.1) is 0 Å². The van der Waals surface area contributed by atoms with Crippen LogP contribution in [0.3, 0.4) is 0 Å². The highest BCUT2D eigenvalue weighted by molar-refractivity contribution is 5.89. The third kappa shape index (κ3) is 2.93. The number of pyridine rings is 1. The smallest absolute Gasteiger partial charge is 0.221 e. The van der Waals surface area contributed by atoms with Crippen LogP contribution in [-0.4, -0.2) is 38.9 Å². The molecule has 0 bridgehead atoms. The molecule has 0 radical (unpaired) electrons. The number of ether oxygens (including phenoxy) is 3. The lowest BCUT2D eigenvalue weighted by atomic mass is 10.1. The van der Waals surface area contributed by atoms with Gasteiger partial charge >= 0.3 is 0 Å². The van der Waals surface area contributed by atoms with Gasteiger partial charge in [0.2, 0.25) is 5.88 Å². The van der Waals surface area contributed by atoms with E-state index in [1.54, 1.807) is 20.4 Å². The standard InChI is InChI=1S/C15H20N2O3/c1-10(9-16-2)20-15-12-8-14(19-4)13(18-3)7-11(12)5-6-17-15/h5-8,10,16H,9H2,1-4H3. The minimum atomic E-state index is 0.0335. The number of fused-ring (bicyclic) bond motifs is 1. The minimum absolute atomic E-state index is 0.0335. The molecule has 1 aromatic heterocycles. The molecular weight excluding hydrogens is 256 g/mol. The van der Waals surface area contributed by atoms with Crippen LogP contribution in [-0.2, 0) is 0 Å². The van der Waals surface area contributed by atoms with Crippen LogP contribution in [0.4, 0.5) is 0 Å². The molecule has 0 aliphatic rings. The molecule has 5 heteroatoms. The van der Waals surface area contributed by atoms with Crippen LogP contribution in [0.25, 0.3) is 10.8 Å². The summed E-state index contributed by atoms with van der Waals surface area (Å²) in [4.78, 5) is 4.31. The van der Waals surface area contributed by atoms with Crippen molar-refractivity contribution in [2.24, 2.45) is 0 Å². The van der Waals surface area contributed by atoms with Crippen LogP contribution in [0.5, 0.6) is 17.4 Å². The SMILES string of the molecule is CNCC(C)Oc1nccc2cc(OC)c(OC)cc12. The van der Waals surface area contributed by atoms with Gasteiger partial charge in [0, 0.05) is 18.1 Å². The summed E-state index contributed by atoms with van der Waals surface area (Å²) in [5.41, 5.74) is 0. The van der Waals surface area contributed by atoms with Crippen LogP contribution < -0.4 is 19.5 Å². The van der Waals surface area contributed by atoms with Crippen LogP contribution in [0.15, 0.2) is 24.4 Å². The summed E-state index contributed by atoms with van der Waals surface area (Å²) < 4.78 is 16.5. The highest BCUT2D eigenvalue weighted by Gasteiger charge is 2.12. The zero-order chi connectivity index (χ0) is 14.5. The van der Waals surface area contributed by atoms with Crippen molar-refractivity contribution in [1.29, 1.82) is 0 Å². The van der Waals surface area contributed by atoms with Gasteiger partial charge in [0.1, 0.15) is 6.10 Å². The average molecular weight is 276 g/mol. The Hall–Kier alpha value is -2.01. The molecule has 1 unspecified atom stereocenters. The summed E-state index contributed by atoms with van der Waals surface area (Å²) in [6.45, 7) is 2.75. The summed E-state index contributed by atoms with van der Waals surface area (Å²) in [5, 5.41) is 4.99. The van der Waals surface area contributed by atoms with E-state index in [1.165, 1.54) is 0 Å². The second-order valence-electron chi connectivity index (χ2n) is 4.53. The van der Waals surface area contributed by atoms with Gasteiger partial charge in [-0.2, -0.15) is 0 Å². The molecule has 0 aliphatic carbocycles. The molecule has 0 saturated carbocycles. The molecule has 0 aliphatic heterocycles. The first kappa shape index (κ1) is 14.4. The molecule has 0 saturated heterocycles. The fourth-order valence-electron chi connectivity index (χ4n) is 2.09. The molecule has 0 fully saturated rings. The van der Waals surface area contributed by atoms with E-state index in [9.17, 15) is 0 Å². The van der Waals surface area contributed by atoms with Gasteiger partial charge in [-0.3, -0.25) is 0 Å². The molecule has 1 aromatic carbocycles. The third-order valence-electron chi connectivity index (χ3n) is 3.04. The van der Waals surface area contributed by atoms with E-state index in [-0.39, 0.29) is 6.10 Å². The first-order valence-corrected chi connectivity index (χ1v) is 6.51. The van der Waals surface area contributed by atoms with Gasteiger partial charge < -0.3 is 19.5 Å². The number of aromatic nitrogens is 1. The molecular formula is C15H20N2O3. The van der Waals surface area contributed by atoms with Crippen molar-refractivity contribution in [3.63, 3.8) is 0 Å². The number of benzene rings is 1. The van der Waals surface area contributed by atoms with E-state index in [2.05, 4.69) is 10.3 Å². The maximum absolute atomic E-state index is 5.87. The van der Waals surface area contributed by atoms with Crippen molar-refractivity contribution in [2.45, 2.75) is 13.0 Å². The Morgan fingerprint density at radius 2 is 1.90 bits per heavy atom. The molecule has 5 nitrogen and oxygen atoms in total. The third-order valence-corrected chi connectivity index (χ3v) is 3.04. The normalized spacial score (nSPS) is 12.2. The van der Waals surface area contributed by atoms with Crippen molar-refractivity contribution < 1.29 is 14.2 Å². The molecule has 1 heterocycles.